The molecule has 2 aliphatic heterocycles. The maximum atomic E-state index is 13.2. The number of rotatable bonds is 5. The van der Waals surface area contributed by atoms with E-state index in [1.807, 2.05) is 12.1 Å². The normalized spacial score (nSPS) is 21.0. The van der Waals surface area contributed by atoms with Crippen LogP contribution in [0, 0.1) is 11.8 Å². The van der Waals surface area contributed by atoms with E-state index in [9.17, 15) is 9.90 Å². The summed E-state index contributed by atoms with van der Waals surface area (Å²) < 4.78 is 0.971. The molecule has 2 saturated heterocycles. The lowest BCUT2D eigenvalue weighted by molar-refractivity contribution is -0.138. The highest BCUT2D eigenvalue weighted by Gasteiger charge is 2.31. The molecule has 4 rings (SSSR count). The van der Waals surface area contributed by atoms with Crippen LogP contribution in [0.3, 0.4) is 0 Å². The molecule has 2 aromatic carbocycles. The van der Waals surface area contributed by atoms with Crippen molar-refractivity contribution in [1.82, 2.24) is 9.80 Å². The zero-order valence-corrected chi connectivity index (χ0v) is 19.1. The van der Waals surface area contributed by atoms with Gasteiger partial charge in [0, 0.05) is 36.2 Å². The zero-order valence-electron chi connectivity index (χ0n) is 17.5. The van der Waals surface area contributed by atoms with E-state index in [1.165, 1.54) is 5.56 Å². The van der Waals surface area contributed by atoms with Crippen LogP contribution in [0.5, 0.6) is 5.75 Å². The molecule has 2 fully saturated rings. The fourth-order valence-corrected chi connectivity index (χ4v) is 5.29. The second-order valence-corrected chi connectivity index (χ2v) is 9.72. The van der Waals surface area contributed by atoms with Crippen molar-refractivity contribution < 1.29 is 9.90 Å². The Hall–Kier alpha value is -1.85. The molecule has 2 aromatic rings. The fraction of sp³-hybridized carbons (Fsp3) is 0.480. The topological polar surface area (TPSA) is 43.8 Å². The van der Waals surface area contributed by atoms with Crippen LogP contribution in [-0.4, -0.2) is 47.0 Å². The van der Waals surface area contributed by atoms with Crippen LogP contribution in [0.25, 0.3) is 0 Å². The minimum Gasteiger partial charge on any atom is -0.508 e. The Balaban J connectivity index is 1.29. The summed E-state index contributed by atoms with van der Waals surface area (Å²) in [5.74, 6) is 1.42. The second kappa shape index (κ2) is 9.97. The monoisotopic (exact) mass is 470 g/mol. The number of hydrogen-bond acceptors (Lipinski definition) is 3. The molecule has 1 atom stereocenters. The second-order valence-electron chi connectivity index (χ2n) is 8.81. The smallest absolute Gasteiger partial charge is 0.226 e. The summed E-state index contributed by atoms with van der Waals surface area (Å²) in [7, 11) is 0. The Morgan fingerprint density at radius 3 is 2.57 bits per heavy atom. The lowest BCUT2D eigenvalue weighted by atomic mass is 9.89. The molecule has 2 heterocycles. The quantitative estimate of drug-likeness (QED) is 0.678. The van der Waals surface area contributed by atoms with E-state index in [1.54, 1.807) is 6.07 Å². The highest BCUT2D eigenvalue weighted by Crippen LogP contribution is 2.28. The summed E-state index contributed by atoms with van der Waals surface area (Å²) in [5, 5.41) is 10.2. The van der Waals surface area contributed by atoms with Gasteiger partial charge >= 0.3 is 0 Å². The third kappa shape index (κ3) is 5.44. The van der Waals surface area contributed by atoms with Crippen LogP contribution in [0.4, 0.5) is 0 Å². The number of hydrogen-bond donors (Lipinski definition) is 1. The van der Waals surface area contributed by atoms with Crippen LogP contribution in [-0.2, 0) is 17.8 Å². The Labute approximate surface area is 188 Å². The first-order chi connectivity index (χ1) is 14.6. The summed E-state index contributed by atoms with van der Waals surface area (Å²) in [6, 6.07) is 16.2. The summed E-state index contributed by atoms with van der Waals surface area (Å²) in [6.45, 7) is 4.23. The van der Waals surface area contributed by atoms with E-state index in [2.05, 4.69) is 56.1 Å². The van der Waals surface area contributed by atoms with Gasteiger partial charge in [-0.3, -0.25) is 9.69 Å². The number of phenols is 1. The van der Waals surface area contributed by atoms with E-state index in [4.69, 9.17) is 0 Å². The molecule has 0 saturated carbocycles. The van der Waals surface area contributed by atoms with Gasteiger partial charge in [-0.2, -0.15) is 0 Å². The number of nitrogens with zero attached hydrogens (tertiary/aromatic N) is 2. The maximum Gasteiger partial charge on any atom is 0.226 e. The van der Waals surface area contributed by atoms with E-state index in [0.29, 0.717) is 24.1 Å². The SMILES string of the molecule is O=C([C@@H]1CCCN(Cc2cc(Br)ccc2O)C1)N1CCC(Cc2ccccc2)CC1. The zero-order chi connectivity index (χ0) is 20.9. The fourth-order valence-electron chi connectivity index (χ4n) is 4.89. The van der Waals surface area contributed by atoms with Crippen molar-refractivity contribution in [2.24, 2.45) is 11.8 Å². The van der Waals surface area contributed by atoms with Crippen molar-refractivity contribution in [3.63, 3.8) is 0 Å². The molecule has 5 heteroatoms. The molecular weight excluding hydrogens is 440 g/mol. The predicted molar refractivity (Wildman–Crippen MR) is 123 cm³/mol. The van der Waals surface area contributed by atoms with Crippen molar-refractivity contribution in [3.05, 3.63) is 64.1 Å². The number of carbonyl (C=O) groups excluding carboxylic acids is 1. The first-order valence-electron chi connectivity index (χ1n) is 11.1. The van der Waals surface area contributed by atoms with Gasteiger partial charge in [-0.05, 0) is 68.3 Å². The van der Waals surface area contributed by atoms with Gasteiger partial charge in [-0.1, -0.05) is 46.3 Å². The number of piperidine rings is 2. The van der Waals surface area contributed by atoms with Gasteiger partial charge in [-0.25, -0.2) is 0 Å². The Morgan fingerprint density at radius 2 is 1.80 bits per heavy atom. The van der Waals surface area contributed by atoms with Gasteiger partial charge in [-0.15, -0.1) is 0 Å². The average Bonchev–Trinajstić information content (AvgIpc) is 2.77. The number of phenolic OH excluding ortho intramolecular Hbond substituents is 1. The Bertz CT molecular complexity index is 849. The summed E-state index contributed by atoms with van der Waals surface area (Å²) in [4.78, 5) is 17.6. The number of aromatic hydroxyl groups is 1. The molecule has 0 aromatic heterocycles. The Morgan fingerprint density at radius 1 is 1.03 bits per heavy atom. The van der Waals surface area contributed by atoms with Gasteiger partial charge in [0.2, 0.25) is 5.91 Å². The summed E-state index contributed by atoms with van der Waals surface area (Å²) >= 11 is 3.48. The highest BCUT2D eigenvalue weighted by atomic mass is 79.9. The lowest BCUT2D eigenvalue weighted by Gasteiger charge is -2.38. The molecule has 4 nitrogen and oxygen atoms in total. The summed E-state index contributed by atoms with van der Waals surface area (Å²) in [6.07, 6.45) is 5.33. The third-order valence-corrected chi connectivity index (χ3v) is 7.08. The van der Waals surface area contributed by atoms with Gasteiger partial charge in [0.1, 0.15) is 5.75 Å². The molecule has 1 N–H and O–H groups in total. The van der Waals surface area contributed by atoms with Gasteiger partial charge in [0.05, 0.1) is 5.92 Å². The number of benzene rings is 2. The molecule has 0 radical (unpaired) electrons. The predicted octanol–water partition coefficient (Wildman–Crippen LogP) is 4.85. The molecule has 0 spiro atoms. The number of amides is 1. The first kappa shape index (κ1) is 21.4. The minimum absolute atomic E-state index is 0.0821. The van der Waals surface area contributed by atoms with Gasteiger partial charge in [0.25, 0.3) is 0 Å². The first-order valence-corrected chi connectivity index (χ1v) is 11.9. The van der Waals surface area contributed by atoms with Crippen molar-refractivity contribution in [3.8, 4) is 5.75 Å². The van der Waals surface area contributed by atoms with Crippen LogP contribution < -0.4 is 0 Å². The maximum absolute atomic E-state index is 13.2. The molecule has 0 bridgehead atoms. The largest absolute Gasteiger partial charge is 0.508 e. The standard InChI is InChI=1S/C25H31BrN2O2/c26-23-8-9-24(29)22(16-23)18-27-12-4-7-21(17-27)25(30)28-13-10-20(11-14-28)15-19-5-2-1-3-6-19/h1-3,5-6,8-9,16,20-21,29H,4,7,10-15,17-18H2/t21-/m1/s1. The van der Waals surface area contributed by atoms with Crippen molar-refractivity contribution >= 4 is 21.8 Å². The van der Waals surface area contributed by atoms with Crippen LogP contribution in [0.2, 0.25) is 0 Å². The molecule has 1 amide bonds. The third-order valence-electron chi connectivity index (χ3n) is 6.58. The molecule has 0 aliphatic carbocycles. The van der Waals surface area contributed by atoms with E-state index >= 15 is 0 Å². The number of halogens is 1. The number of likely N-dealkylation sites (tertiary alicyclic amines) is 2. The van der Waals surface area contributed by atoms with E-state index in [-0.39, 0.29) is 5.92 Å². The molecule has 0 unspecified atom stereocenters. The molecule has 160 valence electrons. The molecule has 2 aliphatic rings. The summed E-state index contributed by atoms with van der Waals surface area (Å²) in [5.41, 5.74) is 2.32. The van der Waals surface area contributed by atoms with Crippen molar-refractivity contribution in [2.75, 3.05) is 26.2 Å². The minimum atomic E-state index is 0.0821. The van der Waals surface area contributed by atoms with Crippen LogP contribution >= 0.6 is 15.9 Å². The lowest BCUT2D eigenvalue weighted by Crippen LogP contribution is -2.47. The molecular formula is C25H31BrN2O2. The van der Waals surface area contributed by atoms with Gasteiger partial charge < -0.3 is 10.0 Å². The van der Waals surface area contributed by atoms with Crippen molar-refractivity contribution in [2.45, 2.75) is 38.6 Å². The van der Waals surface area contributed by atoms with Gasteiger partial charge in [0.15, 0.2) is 0 Å². The Kier molecular flexibility index (Phi) is 7.11. The van der Waals surface area contributed by atoms with E-state index < -0.39 is 0 Å². The van der Waals surface area contributed by atoms with Crippen molar-refractivity contribution in [1.29, 1.82) is 0 Å². The van der Waals surface area contributed by atoms with Crippen LogP contribution in [0.1, 0.15) is 36.8 Å². The number of carbonyl (C=O) groups is 1. The molecule has 30 heavy (non-hydrogen) atoms. The van der Waals surface area contributed by atoms with Crippen LogP contribution in [0.15, 0.2) is 53.0 Å². The van der Waals surface area contributed by atoms with E-state index in [0.717, 1.165) is 68.3 Å². The highest BCUT2D eigenvalue weighted by molar-refractivity contribution is 9.10. The average molecular weight is 471 g/mol.